The van der Waals surface area contributed by atoms with Crippen molar-refractivity contribution in [2.45, 2.75) is 52.5 Å². The molecule has 1 nitrogen and oxygen atoms in total. The molecule has 2 heteroatoms. The minimum Gasteiger partial charge on any atom is -0.312 e. The van der Waals surface area contributed by atoms with Crippen molar-refractivity contribution in [3.05, 3.63) is 21.9 Å². The number of hydrogen-bond donors (Lipinski definition) is 1. The highest BCUT2D eigenvalue weighted by Crippen LogP contribution is 2.16. The quantitative estimate of drug-likeness (QED) is 0.660. The van der Waals surface area contributed by atoms with Gasteiger partial charge < -0.3 is 5.32 Å². The zero-order chi connectivity index (χ0) is 10.9. The summed E-state index contributed by atoms with van der Waals surface area (Å²) in [6, 6.07) is 2.25. The SMILES string of the molecule is CCCCCCNCc1sccc1CC. The smallest absolute Gasteiger partial charge is 0.0302 e. The third-order valence-electron chi connectivity index (χ3n) is 2.71. The van der Waals surface area contributed by atoms with Gasteiger partial charge in [0.25, 0.3) is 0 Å². The van der Waals surface area contributed by atoms with Crippen LogP contribution in [0, 0.1) is 0 Å². The summed E-state index contributed by atoms with van der Waals surface area (Å²) in [4.78, 5) is 1.52. The highest BCUT2D eigenvalue weighted by molar-refractivity contribution is 7.10. The van der Waals surface area contributed by atoms with E-state index < -0.39 is 0 Å². The highest BCUT2D eigenvalue weighted by atomic mass is 32.1. The zero-order valence-corrected chi connectivity index (χ0v) is 10.8. The lowest BCUT2D eigenvalue weighted by Crippen LogP contribution is -2.14. The van der Waals surface area contributed by atoms with E-state index in [4.69, 9.17) is 0 Å². The maximum atomic E-state index is 3.53. The van der Waals surface area contributed by atoms with E-state index >= 15 is 0 Å². The van der Waals surface area contributed by atoms with Crippen LogP contribution in [0.1, 0.15) is 50.0 Å². The summed E-state index contributed by atoms with van der Waals surface area (Å²) in [5.74, 6) is 0. The van der Waals surface area contributed by atoms with E-state index in [1.54, 1.807) is 0 Å². The molecule has 0 aliphatic heterocycles. The van der Waals surface area contributed by atoms with Crippen LogP contribution in [0.15, 0.2) is 11.4 Å². The van der Waals surface area contributed by atoms with Crippen molar-refractivity contribution in [3.8, 4) is 0 Å². The van der Waals surface area contributed by atoms with E-state index in [2.05, 4.69) is 30.6 Å². The Morgan fingerprint density at radius 1 is 1.20 bits per heavy atom. The van der Waals surface area contributed by atoms with E-state index in [1.807, 2.05) is 11.3 Å². The Labute approximate surface area is 97.9 Å². The first-order valence-electron chi connectivity index (χ1n) is 6.14. The molecule has 1 rings (SSSR count). The van der Waals surface area contributed by atoms with Crippen LogP contribution in [-0.4, -0.2) is 6.54 Å². The summed E-state index contributed by atoms with van der Waals surface area (Å²) < 4.78 is 0. The van der Waals surface area contributed by atoms with Gasteiger partial charge in [-0.15, -0.1) is 11.3 Å². The van der Waals surface area contributed by atoms with E-state index in [-0.39, 0.29) is 0 Å². The predicted molar refractivity (Wildman–Crippen MR) is 69.5 cm³/mol. The van der Waals surface area contributed by atoms with Gasteiger partial charge in [0.2, 0.25) is 0 Å². The summed E-state index contributed by atoms with van der Waals surface area (Å²) in [5, 5.41) is 5.73. The fraction of sp³-hybridized carbons (Fsp3) is 0.692. The Morgan fingerprint density at radius 2 is 2.07 bits per heavy atom. The molecule has 0 fully saturated rings. The number of rotatable bonds is 8. The van der Waals surface area contributed by atoms with Crippen molar-refractivity contribution in [1.29, 1.82) is 0 Å². The summed E-state index contributed by atoms with van der Waals surface area (Å²) in [7, 11) is 0. The molecule has 0 spiro atoms. The van der Waals surface area contributed by atoms with E-state index in [0.717, 1.165) is 13.0 Å². The third kappa shape index (κ3) is 4.80. The minimum absolute atomic E-state index is 1.06. The van der Waals surface area contributed by atoms with Crippen molar-refractivity contribution in [2.24, 2.45) is 0 Å². The second kappa shape index (κ2) is 7.89. The fourth-order valence-corrected chi connectivity index (χ4v) is 2.66. The third-order valence-corrected chi connectivity index (χ3v) is 3.67. The fourth-order valence-electron chi connectivity index (χ4n) is 1.72. The second-order valence-electron chi connectivity index (χ2n) is 3.96. The second-order valence-corrected chi connectivity index (χ2v) is 4.96. The number of thiophene rings is 1. The summed E-state index contributed by atoms with van der Waals surface area (Å²) in [5.41, 5.74) is 1.51. The molecule has 1 N–H and O–H groups in total. The molecule has 0 radical (unpaired) electrons. The van der Waals surface area contributed by atoms with Crippen LogP contribution in [0.25, 0.3) is 0 Å². The van der Waals surface area contributed by atoms with E-state index in [0.29, 0.717) is 0 Å². The number of nitrogens with one attached hydrogen (secondary N) is 1. The van der Waals surface area contributed by atoms with Gasteiger partial charge in [0.15, 0.2) is 0 Å². The first-order valence-corrected chi connectivity index (χ1v) is 7.02. The maximum Gasteiger partial charge on any atom is 0.0302 e. The molecule has 0 amide bonds. The van der Waals surface area contributed by atoms with E-state index in [1.165, 1.54) is 42.7 Å². The molecule has 15 heavy (non-hydrogen) atoms. The Bertz CT molecular complexity index is 255. The van der Waals surface area contributed by atoms with Gasteiger partial charge in [-0.2, -0.15) is 0 Å². The van der Waals surface area contributed by atoms with Crippen LogP contribution in [0.4, 0.5) is 0 Å². The molecule has 0 aliphatic rings. The number of aryl methyl sites for hydroxylation is 1. The molecule has 0 aliphatic carbocycles. The Morgan fingerprint density at radius 3 is 2.80 bits per heavy atom. The standard InChI is InChI=1S/C13H23NS/c1-3-5-6-7-9-14-11-13-12(4-2)8-10-15-13/h8,10,14H,3-7,9,11H2,1-2H3. The van der Waals surface area contributed by atoms with Crippen molar-refractivity contribution in [1.82, 2.24) is 5.32 Å². The monoisotopic (exact) mass is 225 g/mol. The van der Waals surface area contributed by atoms with Crippen molar-refractivity contribution >= 4 is 11.3 Å². The van der Waals surface area contributed by atoms with Crippen LogP contribution in [0.5, 0.6) is 0 Å². The topological polar surface area (TPSA) is 12.0 Å². The number of hydrogen-bond acceptors (Lipinski definition) is 2. The van der Waals surface area contributed by atoms with Gasteiger partial charge in [0.1, 0.15) is 0 Å². The first kappa shape index (κ1) is 12.7. The molecule has 1 aromatic heterocycles. The van der Waals surface area contributed by atoms with E-state index in [9.17, 15) is 0 Å². The zero-order valence-electron chi connectivity index (χ0n) is 10.0. The molecule has 0 aromatic carbocycles. The normalized spacial score (nSPS) is 10.8. The highest BCUT2D eigenvalue weighted by Gasteiger charge is 2.00. The van der Waals surface area contributed by atoms with Gasteiger partial charge in [-0.3, -0.25) is 0 Å². The van der Waals surface area contributed by atoms with Crippen LogP contribution in [0.2, 0.25) is 0 Å². The average Bonchev–Trinajstić information content (AvgIpc) is 2.70. The van der Waals surface area contributed by atoms with Crippen molar-refractivity contribution < 1.29 is 0 Å². The first-order chi connectivity index (χ1) is 7.38. The van der Waals surface area contributed by atoms with Gasteiger partial charge in [0, 0.05) is 11.4 Å². The molecular weight excluding hydrogens is 202 g/mol. The van der Waals surface area contributed by atoms with Crippen LogP contribution >= 0.6 is 11.3 Å². The number of unbranched alkanes of at least 4 members (excludes halogenated alkanes) is 3. The Hall–Kier alpha value is -0.340. The van der Waals surface area contributed by atoms with Gasteiger partial charge in [0.05, 0.1) is 0 Å². The van der Waals surface area contributed by atoms with Gasteiger partial charge in [-0.25, -0.2) is 0 Å². The molecule has 0 saturated heterocycles. The summed E-state index contributed by atoms with van der Waals surface area (Å²) in [6.07, 6.45) is 6.55. The van der Waals surface area contributed by atoms with Crippen LogP contribution in [-0.2, 0) is 13.0 Å². The predicted octanol–water partition coefficient (Wildman–Crippen LogP) is 3.98. The van der Waals surface area contributed by atoms with Crippen molar-refractivity contribution in [3.63, 3.8) is 0 Å². The molecular formula is C13H23NS. The minimum atomic E-state index is 1.06. The molecule has 0 atom stereocenters. The lowest BCUT2D eigenvalue weighted by atomic mass is 10.2. The Balaban J connectivity index is 2.09. The molecule has 1 aromatic rings. The molecule has 1 heterocycles. The maximum absolute atomic E-state index is 3.53. The van der Waals surface area contributed by atoms with Crippen LogP contribution in [0.3, 0.4) is 0 Å². The largest absolute Gasteiger partial charge is 0.312 e. The van der Waals surface area contributed by atoms with Gasteiger partial charge in [-0.05, 0) is 36.4 Å². The molecule has 0 unspecified atom stereocenters. The van der Waals surface area contributed by atoms with Crippen LogP contribution < -0.4 is 5.32 Å². The molecule has 0 saturated carbocycles. The average molecular weight is 225 g/mol. The molecule has 86 valence electrons. The lowest BCUT2D eigenvalue weighted by molar-refractivity contribution is 0.599. The molecule has 0 bridgehead atoms. The lowest BCUT2D eigenvalue weighted by Gasteiger charge is -2.04. The van der Waals surface area contributed by atoms with Gasteiger partial charge in [-0.1, -0.05) is 33.1 Å². The van der Waals surface area contributed by atoms with Crippen molar-refractivity contribution in [2.75, 3.05) is 6.54 Å². The summed E-state index contributed by atoms with van der Waals surface area (Å²) in [6.45, 7) is 6.72. The Kier molecular flexibility index (Phi) is 6.69. The van der Waals surface area contributed by atoms with Gasteiger partial charge >= 0.3 is 0 Å². The summed E-state index contributed by atoms with van der Waals surface area (Å²) >= 11 is 1.88.